The molecule has 0 aliphatic carbocycles. The number of carbonyl (C=O) groups is 1. The molecule has 178 valence electrons. The van der Waals surface area contributed by atoms with Crippen LogP contribution < -0.4 is 11.5 Å². The molecular formula is C25H18ClN7OS2. The number of aryl methyl sites for hydroxylation is 1. The fourth-order valence-corrected chi connectivity index (χ4v) is 5.93. The maximum atomic E-state index is 12.1. The fraction of sp³-hybridized carbons (Fsp3) is 0.0800. The molecule has 11 heteroatoms. The summed E-state index contributed by atoms with van der Waals surface area (Å²) in [7, 11) is 1.68. The molecule has 0 spiro atoms. The van der Waals surface area contributed by atoms with Crippen molar-refractivity contribution in [2.24, 2.45) is 12.8 Å². The molecule has 0 aliphatic rings. The van der Waals surface area contributed by atoms with E-state index in [0.29, 0.717) is 43.5 Å². The maximum Gasteiger partial charge on any atom is 0.267 e. The van der Waals surface area contributed by atoms with Crippen molar-refractivity contribution in [3.8, 4) is 27.8 Å². The van der Waals surface area contributed by atoms with Crippen LogP contribution in [0, 0.1) is 11.3 Å². The van der Waals surface area contributed by atoms with Gasteiger partial charge in [-0.25, -0.2) is 9.97 Å². The Balaban J connectivity index is 1.60. The molecule has 4 heterocycles. The van der Waals surface area contributed by atoms with Gasteiger partial charge in [0.05, 0.1) is 22.3 Å². The lowest BCUT2D eigenvalue weighted by Gasteiger charge is -2.11. The first-order chi connectivity index (χ1) is 17.4. The number of nitrogen functional groups attached to an aromatic ring is 1. The molecule has 5 rings (SSSR count). The summed E-state index contributed by atoms with van der Waals surface area (Å²) in [5, 5.41) is 14.7. The molecule has 0 fully saturated rings. The van der Waals surface area contributed by atoms with Crippen molar-refractivity contribution in [1.82, 2.24) is 19.5 Å². The van der Waals surface area contributed by atoms with Crippen LogP contribution in [0.25, 0.3) is 32.7 Å². The number of pyridine rings is 2. The summed E-state index contributed by atoms with van der Waals surface area (Å²) in [5.74, 6) is -0.179. The minimum atomic E-state index is -0.671. The molecule has 0 atom stereocenters. The van der Waals surface area contributed by atoms with E-state index in [1.807, 2.05) is 35.7 Å². The van der Waals surface area contributed by atoms with Crippen LogP contribution >= 0.6 is 34.7 Å². The van der Waals surface area contributed by atoms with Gasteiger partial charge in [0, 0.05) is 52.3 Å². The molecule has 0 radical (unpaired) electrons. The number of primary amides is 1. The number of hydrogen-bond donors (Lipinski definition) is 2. The van der Waals surface area contributed by atoms with Crippen molar-refractivity contribution in [3.05, 3.63) is 76.1 Å². The van der Waals surface area contributed by atoms with Gasteiger partial charge in [0.15, 0.2) is 0 Å². The van der Waals surface area contributed by atoms with E-state index in [-0.39, 0.29) is 11.4 Å². The molecule has 0 bridgehead atoms. The molecule has 0 unspecified atom stereocenters. The number of thiazole rings is 1. The molecule has 1 amide bonds. The van der Waals surface area contributed by atoms with Crippen LogP contribution in [0.5, 0.6) is 0 Å². The van der Waals surface area contributed by atoms with Gasteiger partial charge in [-0.05, 0) is 18.2 Å². The number of benzene rings is 1. The number of thioether (sulfide) groups is 1. The number of aromatic nitrogens is 4. The zero-order valence-corrected chi connectivity index (χ0v) is 21.3. The molecule has 8 nitrogen and oxygen atoms in total. The van der Waals surface area contributed by atoms with E-state index < -0.39 is 5.91 Å². The first kappa shape index (κ1) is 23.8. The number of anilines is 1. The van der Waals surface area contributed by atoms with E-state index in [1.165, 1.54) is 23.1 Å². The lowest BCUT2D eigenvalue weighted by molar-refractivity contribution is 0.0994. The van der Waals surface area contributed by atoms with E-state index in [2.05, 4.69) is 11.1 Å². The molecule has 36 heavy (non-hydrogen) atoms. The van der Waals surface area contributed by atoms with Crippen LogP contribution in [0.2, 0.25) is 5.02 Å². The predicted octanol–water partition coefficient (Wildman–Crippen LogP) is 5.26. The molecule has 5 aromatic rings. The number of nitriles is 1. The van der Waals surface area contributed by atoms with E-state index in [1.54, 1.807) is 30.1 Å². The fourth-order valence-electron chi connectivity index (χ4n) is 4.00. The average molecular weight is 532 g/mol. The molecule has 0 saturated carbocycles. The Kier molecular flexibility index (Phi) is 6.36. The third-order valence-electron chi connectivity index (χ3n) is 5.62. The minimum Gasteiger partial charge on any atom is -0.396 e. The first-order valence-electron chi connectivity index (χ1n) is 10.6. The standard InChI is InChI=1S/C25H18ClN7OS2/c1-33-21(22(29)34)20(28)19-18(14-3-2-8-30-10-14)17(9-27)25(32-23(19)33)36-12-16-11-35-24(31-16)13-4-6-15(26)7-5-13/h2-8,10-11H,12,28H2,1H3,(H2,29,34). The van der Waals surface area contributed by atoms with Gasteiger partial charge in [-0.1, -0.05) is 41.6 Å². The largest absolute Gasteiger partial charge is 0.396 e. The van der Waals surface area contributed by atoms with Gasteiger partial charge in [0.25, 0.3) is 5.91 Å². The smallest absolute Gasteiger partial charge is 0.267 e. The molecule has 0 saturated heterocycles. The Morgan fingerprint density at radius 3 is 2.67 bits per heavy atom. The summed E-state index contributed by atoms with van der Waals surface area (Å²) >= 11 is 8.92. The SMILES string of the molecule is Cn1c(C(N)=O)c(N)c2c(-c3cccnc3)c(C#N)c(SCc3csc(-c4ccc(Cl)cc4)n3)nc21. The molecule has 1 aromatic carbocycles. The van der Waals surface area contributed by atoms with E-state index >= 15 is 0 Å². The van der Waals surface area contributed by atoms with Crippen molar-refractivity contribution < 1.29 is 4.79 Å². The van der Waals surface area contributed by atoms with Crippen LogP contribution in [0.1, 0.15) is 21.7 Å². The van der Waals surface area contributed by atoms with E-state index in [4.69, 9.17) is 33.0 Å². The number of rotatable bonds is 6. The quantitative estimate of drug-likeness (QED) is 0.285. The first-order valence-corrected chi connectivity index (χ1v) is 12.9. The second-order valence-electron chi connectivity index (χ2n) is 7.84. The summed E-state index contributed by atoms with van der Waals surface area (Å²) in [5.41, 5.74) is 16.2. The lowest BCUT2D eigenvalue weighted by Crippen LogP contribution is -2.17. The second kappa shape index (κ2) is 9.62. The summed E-state index contributed by atoms with van der Waals surface area (Å²) in [4.78, 5) is 25.8. The van der Waals surface area contributed by atoms with Gasteiger partial charge in [-0.3, -0.25) is 9.78 Å². The van der Waals surface area contributed by atoms with Gasteiger partial charge >= 0.3 is 0 Å². The average Bonchev–Trinajstić information content (AvgIpc) is 3.45. The number of nitrogens with two attached hydrogens (primary N) is 2. The van der Waals surface area contributed by atoms with Crippen molar-refractivity contribution in [1.29, 1.82) is 5.26 Å². The molecular weight excluding hydrogens is 514 g/mol. The van der Waals surface area contributed by atoms with Crippen molar-refractivity contribution in [2.75, 3.05) is 5.73 Å². The number of amides is 1. The van der Waals surface area contributed by atoms with Gasteiger partial charge in [-0.15, -0.1) is 11.3 Å². The zero-order chi connectivity index (χ0) is 25.4. The van der Waals surface area contributed by atoms with Crippen LogP contribution in [-0.2, 0) is 12.8 Å². The Hall–Kier alpha value is -3.91. The number of hydrogen-bond acceptors (Lipinski definition) is 8. The topological polar surface area (TPSA) is 136 Å². The van der Waals surface area contributed by atoms with Crippen molar-refractivity contribution in [2.45, 2.75) is 10.8 Å². The Morgan fingerprint density at radius 1 is 1.22 bits per heavy atom. The lowest BCUT2D eigenvalue weighted by atomic mass is 9.99. The Morgan fingerprint density at radius 2 is 2.00 bits per heavy atom. The van der Waals surface area contributed by atoms with E-state index in [9.17, 15) is 10.1 Å². The molecule has 4 N–H and O–H groups in total. The third kappa shape index (κ3) is 4.18. The van der Waals surface area contributed by atoms with Crippen molar-refractivity contribution >= 4 is 57.3 Å². The Labute approximate surface area is 219 Å². The summed E-state index contributed by atoms with van der Waals surface area (Å²) in [6.45, 7) is 0. The summed E-state index contributed by atoms with van der Waals surface area (Å²) in [6, 6.07) is 13.4. The van der Waals surface area contributed by atoms with Crippen LogP contribution in [-0.4, -0.2) is 25.4 Å². The maximum absolute atomic E-state index is 12.1. The second-order valence-corrected chi connectivity index (χ2v) is 10.1. The van der Waals surface area contributed by atoms with Crippen LogP contribution in [0.4, 0.5) is 5.69 Å². The number of fused-ring (bicyclic) bond motifs is 1. The Bertz CT molecular complexity index is 1650. The van der Waals surface area contributed by atoms with Gasteiger partial charge in [0.2, 0.25) is 0 Å². The molecule has 4 aromatic heterocycles. The monoisotopic (exact) mass is 531 g/mol. The highest BCUT2D eigenvalue weighted by Gasteiger charge is 2.26. The molecule has 0 aliphatic heterocycles. The van der Waals surface area contributed by atoms with Gasteiger partial charge < -0.3 is 16.0 Å². The highest BCUT2D eigenvalue weighted by Crippen LogP contribution is 2.41. The number of halogens is 1. The third-order valence-corrected chi connectivity index (χ3v) is 7.82. The zero-order valence-electron chi connectivity index (χ0n) is 18.9. The van der Waals surface area contributed by atoms with Crippen molar-refractivity contribution in [3.63, 3.8) is 0 Å². The van der Waals surface area contributed by atoms with E-state index in [0.717, 1.165) is 16.3 Å². The van der Waals surface area contributed by atoms with Gasteiger partial charge in [-0.2, -0.15) is 5.26 Å². The van der Waals surface area contributed by atoms with Gasteiger partial charge in [0.1, 0.15) is 27.4 Å². The highest BCUT2D eigenvalue weighted by molar-refractivity contribution is 7.98. The number of nitrogens with zero attached hydrogens (tertiary/aromatic N) is 5. The predicted molar refractivity (Wildman–Crippen MR) is 144 cm³/mol. The summed E-state index contributed by atoms with van der Waals surface area (Å²) < 4.78 is 1.57. The minimum absolute atomic E-state index is 0.140. The number of carbonyl (C=O) groups excluding carboxylic acids is 1. The van der Waals surface area contributed by atoms with Crippen LogP contribution in [0.15, 0.2) is 59.2 Å². The summed E-state index contributed by atoms with van der Waals surface area (Å²) in [6.07, 6.45) is 3.30. The highest BCUT2D eigenvalue weighted by atomic mass is 35.5. The van der Waals surface area contributed by atoms with Crippen LogP contribution in [0.3, 0.4) is 0 Å². The normalized spacial score (nSPS) is 11.0.